The number of rotatable bonds is 7. The van der Waals surface area contributed by atoms with Crippen LogP contribution in [0.15, 0.2) is 36.6 Å². The van der Waals surface area contributed by atoms with Crippen molar-refractivity contribution in [3.8, 4) is 0 Å². The summed E-state index contributed by atoms with van der Waals surface area (Å²) in [5.41, 5.74) is 0. The van der Waals surface area contributed by atoms with Gasteiger partial charge >= 0.3 is 0 Å². The van der Waals surface area contributed by atoms with Gasteiger partial charge in [-0.15, -0.1) is 0 Å². The van der Waals surface area contributed by atoms with Gasteiger partial charge in [0, 0.05) is 0 Å². The molecule has 74 valence electrons. The lowest BCUT2D eigenvalue weighted by Crippen LogP contribution is -1.72. The lowest BCUT2D eigenvalue weighted by atomic mass is 10.1. The summed E-state index contributed by atoms with van der Waals surface area (Å²) in [5, 5.41) is 8.31. The number of hydrogen-bond acceptors (Lipinski definition) is 1. The van der Waals surface area contributed by atoms with Gasteiger partial charge in [0.05, 0.1) is 6.26 Å². The van der Waals surface area contributed by atoms with E-state index in [9.17, 15) is 0 Å². The average Bonchev–Trinajstić information content (AvgIpc) is 2.16. The first-order valence-corrected chi connectivity index (χ1v) is 5.04. The van der Waals surface area contributed by atoms with E-state index in [2.05, 4.69) is 13.0 Å². The summed E-state index contributed by atoms with van der Waals surface area (Å²) in [6, 6.07) is 0. The first-order chi connectivity index (χ1) is 6.41. The smallest absolute Gasteiger partial charge is 0.0791 e. The van der Waals surface area contributed by atoms with E-state index >= 15 is 0 Å². The van der Waals surface area contributed by atoms with Gasteiger partial charge < -0.3 is 5.11 Å². The van der Waals surface area contributed by atoms with Crippen molar-refractivity contribution in [1.29, 1.82) is 0 Å². The molecule has 1 heteroatoms. The molecule has 0 spiro atoms. The van der Waals surface area contributed by atoms with E-state index in [-0.39, 0.29) is 0 Å². The van der Waals surface area contributed by atoms with Crippen molar-refractivity contribution in [1.82, 2.24) is 0 Å². The molecule has 0 aromatic carbocycles. The third-order valence-corrected chi connectivity index (χ3v) is 1.78. The van der Waals surface area contributed by atoms with E-state index in [1.54, 1.807) is 6.08 Å². The molecule has 1 nitrogen and oxygen atoms in total. The number of aliphatic hydroxyl groups is 1. The third-order valence-electron chi connectivity index (χ3n) is 1.78. The van der Waals surface area contributed by atoms with E-state index in [4.69, 9.17) is 5.11 Å². The van der Waals surface area contributed by atoms with Crippen molar-refractivity contribution in [3.05, 3.63) is 36.6 Å². The zero-order valence-electron chi connectivity index (χ0n) is 8.45. The van der Waals surface area contributed by atoms with Gasteiger partial charge in [0.15, 0.2) is 0 Å². The summed E-state index contributed by atoms with van der Waals surface area (Å²) in [6.07, 6.45) is 17.0. The molecule has 13 heavy (non-hydrogen) atoms. The maximum absolute atomic E-state index is 8.31. The van der Waals surface area contributed by atoms with Crippen molar-refractivity contribution in [2.45, 2.75) is 39.0 Å². The highest BCUT2D eigenvalue weighted by atomic mass is 16.2. The molecule has 0 fully saturated rings. The maximum atomic E-state index is 8.31. The van der Waals surface area contributed by atoms with E-state index in [1.165, 1.54) is 25.7 Å². The van der Waals surface area contributed by atoms with Crippen LogP contribution in [0.3, 0.4) is 0 Å². The predicted molar refractivity (Wildman–Crippen MR) is 58.8 cm³/mol. The molecule has 0 aliphatic carbocycles. The number of allylic oxidation sites excluding steroid dienone is 5. The fourth-order valence-electron chi connectivity index (χ4n) is 1.04. The molecular formula is C12H20O. The minimum atomic E-state index is 1.03. The largest absolute Gasteiger partial charge is 0.516 e. The highest BCUT2D eigenvalue weighted by Gasteiger charge is 1.82. The topological polar surface area (TPSA) is 20.2 Å². The average molecular weight is 180 g/mol. The molecule has 0 aromatic heterocycles. The van der Waals surface area contributed by atoms with Crippen LogP contribution >= 0.6 is 0 Å². The van der Waals surface area contributed by atoms with Crippen LogP contribution in [-0.2, 0) is 0 Å². The fraction of sp³-hybridized carbons (Fsp3) is 0.500. The molecule has 0 aromatic rings. The van der Waals surface area contributed by atoms with Crippen molar-refractivity contribution in [3.63, 3.8) is 0 Å². The van der Waals surface area contributed by atoms with Gasteiger partial charge in [-0.2, -0.15) is 0 Å². The SMILES string of the molecule is CCCCCC/C=C/C=C/C=C\O. The molecule has 0 amide bonds. The van der Waals surface area contributed by atoms with Crippen LogP contribution in [-0.4, -0.2) is 5.11 Å². The molecule has 0 heterocycles. The van der Waals surface area contributed by atoms with Gasteiger partial charge in [-0.1, -0.05) is 50.5 Å². The second-order valence-corrected chi connectivity index (χ2v) is 3.00. The Morgan fingerprint density at radius 1 is 0.923 bits per heavy atom. The maximum Gasteiger partial charge on any atom is 0.0791 e. The first kappa shape index (κ1) is 12.0. The Balaban J connectivity index is 3.21. The van der Waals surface area contributed by atoms with Crippen molar-refractivity contribution in [2.24, 2.45) is 0 Å². The molecule has 0 aliphatic heterocycles. The zero-order chi connectivity index (χ0) is 9.78. The van der Waals surface area contributed by atoms with E-state index in [0.29, 0.717) is 0 Å². The molecule has 0 aliphatic rings. The van der Waals surface area contributed by atoms with Crippen molar-refractivity contribution < 1.29 is 5.11 Å². The van der Waals surface area contributed by atoms with Gasteiger partial charge in [0.2, 0.25) is 0 Å². The molecule has 0 rings (SSSR count). The quantitative estimate of drug-likeness (QED) is 0.354. The zero-order valence-corrected chi connectivity index (χ0v) is 8.45. The Bertz CT molecular complexity index is 166. The summed E-state index contributed by atoms with van der Waals surface area (Å²) in [5.74, 6) is 0. The van der Waals surface area contributed by atoms with E-state index in [1.807, 2.05) is 18.2 Å². The second-order valence-electron chi connectivity index (χ2n) is 3.00. The van der Waals surface area contributed by atoms with Gasteiger partial charge in [-0.3, -0.25) is 0 Å². The van der Waals surface area contributed by atoms with Gasteiger partial charge in [0.25, 0.3) is 0 Å². The normalized spacial score (nSPS) is 12.4. The molecule has 0 unspecified atom stereocenters. The number of unbranched alkanes of at least 4 members (excludes halogenated alkanes) is 4. The highest BCUT2D eigenvalue weighted by Crippen LogP contribution is 2.02. The minimum absolute atomic E-state index is 1.03. The summed E-state index contributed by atoms with van der Waals surface area (Å²) in [7, 11) is 0. The Hall–Kier alpha value is -0.980. The second kappa shape index (κ2) is 11.0. The lowest BCUT2D eigenvalue weighted by molar-refractivity contribution is 0.474. The van der Waals surface area contributed by atoms with Gasteiger partial charge in [-0.05, 0) is 18.9 Å². The van der Waals surface area contributed by atoms with Crippen molar-refractivity contribution >= 4 is 0 Å². The molecule has 0 atom stereocenters. The van der Waals surface area contributed by atoms with Crippen LogP contribution in [0.2, 0.25) is 0 Å². The molecule has 0 bridgehead atoms. The summed E-state index contributed by atoms with van der Waals surface area (Å²) in [6.45, 7) is 2.22. The Kier molecular flexibility index (Phi) is 10.2. The van der Waals surface area contributed by atoms with Crippen LogP contribution in [0.1, 0.15) is 39.0 Å². The summed E-state index contributed by atoms with van der Waals surface area (Å²) >= 11 is 0. The molecule has 0 saturated carbocycles. The predicted octanol–water partition coefficient (Wildman–Crippen LogP) is 4.14. The number of hydrogen-bond donors (Lipinski definition) is 1. The first-order valence-electron chi connectivity index (χ1n) is 5.04. The Morgan fingerprint density at radius 3 is 2.38 bits per heavy atom. The van der Waals surface area contributed by atoms with Gasteiger partial charge in [-0.25, -0.2) is 0 Å². The van der Waals surface area contributed by atoms with Crippen LogP contribution in [0.5, 0.6) is 0 Å². The van der Waals surface area contributed by atoms with Crippen LogP contribution < -0.4 is 0 Å². The number of aliphatic hydroxyl groups excluding tert-OH is 1. The lowest BCUT2D eigenvalue weighted by Gasteiger charge is -1.92. The third kappa shape index (κ3) is 11.0. The minimum Gasteiger partial charge on any atom is -0.516 e. The standard InChI is InChI=1S/C12H20O/c1-2-3-4-5-6-7-8-9-10-11-12-13/h7-13H,2-6H2,1H3/b8-7+,10-9+,12-11-. The van der Waals surface area contributed by atoms with E-state index < -0.39 is 0 Å². The Labute approximate surface area is 81.5 Å². The monoisotopic (exact) mass is 180 g/mol. The summed E-state index contributed by atoms with van der Waals surface area (Å²) < 4.78 is 0. The molecule has 1 N–H and O–H groups in total. The molecule has 0 radical (unpaired) electrons. The van der Waals surface area contributed by atoms with Crippen LogP contribution in [0.25, 0.3) is 0 Å². The van der Waals surface area contributed by atoms with E-state index in [0.717, 1.165) is 12.7 Å². The van der Waals surface area contributed by atoms with Crippen molar-refractivity contribution in [2.75, 3.05) is 0 Å². The Morgan fingerprint density at radius 2 is 1.69 bits per heavy atom. The van der Waals surface area contributed by atoms with Crippen LogP contribution in [0.4, 0.5) is 0 Å². The molecule has 0 saturated heterocycles. The van der Waals surface area contributed by atoms with Gasteiger partial charge in [0.1, 0.15) is 0 Å². The fourth-order valence-corrected chi connectivity index (χ4v) is 1.04. The molecular weight excluding hydrogens is 160 g/mol. The van der Waals surface area contributed by atoms with Crippen LogP contribution in [0, 0.1) is 0 Å². The summed E-state index contributed by atoms with van der Waals surface area (Å²) in [4.78, 5) is 0. The highest BCUT2D eigenvalue weighted by molar-refractivity contribution is 5.09.